The molecule has 2 saturated carbocycles. The van der Waals surface area contributed by atoms with Crippen molar-refractivity contribution in [1.82, 2.24) is 5.01 Å². The van der Waals surface area contributed by atoms with E-state index in [9.17, 15) is 0 Å². The third-order valence-corrected chi connectivity index (χ3v) is 6.36. The normalized spacial score (nSPS) is 30.7. The zero-order chi connectivity index (χ0) is 18.8. The minimum Gasteiger partial charge on any atom is -0.401 e. The lowest BCUT2D eigenvalue weighted by Gasteiger charge is -2.45. The summed E-state index contributed by atoms with van der Waals surface area (Å²) in [5, 5.41) is 1.46. The predicted octanol–water partition coefficient (Wildman–Crippen LogP) is 5.67. The van der Waals surface area contributed by atoms with Gasteiger partial charge in [-0.15, -0.1) is 0 Å². The van der Waals surface area contributed by atoms with Gasteiger partial charge in [-0.25, -0.2) is 5.84 Å². The van der Waals surface area contributed by atoms with Crippen molar-refractivity contribution >= 4 is 0 Å². The smallest absolute Gasteiger partial charge is 0.0339 e. The summed E-state index contributed by atoms with van der Waals surface area (Å²) in [6, 6.07) is 0. The predicted molar refractivity (Wildman–Crippen MR) is 111 cm³/mol. The average molecular weight is 352 g/mol. The molecular weight excluding hydrogens is 306 g/mol. The Labute approximate surface area is 157 Å². The van der Waals surface area contributed by atoms with Crippen LogP contribution in [0.1, 0.15) is 91.9 Å². The SMILES string of the molecule is CCC/C(N)=C/N(C)N.CCCC(C)C1CCCC2CCC(C)CC21. The molecule has 3 heteroatoms. The van der Waals surface area contributed by atoms with E-state index in [4.69, 9.17) is 11.6 Å². The van der Waals surface area contributed by atoms with E-state index in [0.717, 1.165) is 48.1 Å². The van der Waals surface area contributed by atoms with Gasteiger partial charge in [0.15, 0.2) is 0 Å². The van der Waals surface area contributed by atoms with E-state index in [0.29, 0.717) is 0 Å². The summed E-state index contributed by atoms with van der Waals surface area (Å²) >= 11 is 0. The lowest BCUT2D eigenvalue weighted by atomic mass is 9.60. The molecule has 0 amide bonds. The lowest BCUT2D eigenvalue weighted by Crippen LogP contribution is -2.36. The minimum atomic E-state index is 0.836. The summed E-state index contributed by atoms with van der Waals surface area (Å²) in [5.41, 5.74) is 6.36. The molecule has 0 aromatic rings. The molecule has 0 saturated heterocycles. The molecule has 2 fully saturated rings. The zero-order valence-corrected chi connectivity index (χ0v) is 17.6. The lowest BCUT2D eigenvalue weighted by molar-refractivity contribution is 0.0469. The van der Waals surface area contributed by atoms with Crippen molar-refractivity contribution < 1.29 is 0 Å². The van der Waals surface area contributed by atoms with Crippen LogP contribution in [0.4, 0.5) is 0 Å². The number of hydrogen-bond donors (Lipinski definition) is 2. The average Bonchev–Trinajstić information content (AvgIpc) is 2.54. The third-order valence-electron chi connectivity index (χ3n) is 6.36. The van der Waals surface area contributed by atoms with Gasteiger partial charge in [0.25, 0.3) is 0 Å². The van der Waals surface area contributed by atoms with Crippen molar-refractivity contribution in [2.24, 2.45) is 41.2 Å². The standard InChI is InChI=1S/C16H30.C6H15N3/c1-4-6-13(3)15-8-5-7-14-10-9-12(2)11-16(14)15;1-3-4-6(7)5-9(2)8/h12-16H,4-11H2,1-3H3;5H,3-4,7-8H2,1-2H3/b;6-5-. The van der Waals surface area contributed by atoms with Gasteiger partial charge in [-0.05, 0) is 55.3 Å². The Balaban J connectivity index is 0.000000299. The van der Waals surface area contributed by atoms with Crippen LogP contribution in [0.3, 0.4) is 0 Å². The number of hydrazine groups is 1. The van der Waals surface area contributed by atoms with E-state index in [1.54, 1.807) is 32.5 Å². The van der Waals surface area contributed by atoms with Crippen LogP contribution in [-0.4, -0.2) is 12.1 Å². The summed E-state index contributed by atoms with van der Waals surface area (Å²) < 4.78 is 0. The maximum Gasteiger partial charge on any atom is 0.0339 e. The van der Waals surface area contributed by atoms with Gasteiger partial charge in [-0.2, -0.15) is 0 Å². The molecule has 0 radical (unpaired) electrons. The van der Waals surface area contributed by atoms with E-state index >= 15 is 0 Å². The van der Waals surface area contributed by atoms with Gasteiger partial charge in [0.05, 0.1) is 0 Å². The topological polar surface area (TPSA) is 55.3 Å². The van der Waals surface area contributed by atoms with Crippen LogP contribution in [-0.2, 0) is 0 Å². The van der Waals surface area contributed by atoms with E-state index in [2.05, 4.69) is 27.7 Å². The second-order valence-electron chi connectivity index (χ2n) is 8.82. The largest absolute Gasteiger partial charge is 0.401 e. The van der Waals surface area contributed by atoms with Crippen molar-refractivity contribution in [3.05, 3.63) is 11.9 Å². The molecule has 148 valence electrons. The molecule has 0 heterocycles. The Morgan fingerprint density at radius 2 is 1.88 bits per heavy atom. The highest BCUT2D eigenvalue weighted by Crippen LogP contribution is 2.48. The van der Waals surface area contributed by atoms with Crippen LogP contribution in [0, 0.1) is 29.6 Å². The molecule has 0 aliphatic heterocycles. The van der Waals surface area contributed by atoms with E-state index < -0.39 is 0 Å². The molecular formula is C22H45N3. The number of fused-ring (bicyclic) bond motifs is 1. The minimum absolute atomic E-state index is 0.836. The van der Waals surface area contributed by atoms with Gasteiger partial charge in [-0.3, -0.25) is 0 Å². The number of rotatable bonds is 6. The quantitative estimate of drug-likeness (QED) is 0.479. The summed E-state index contributed by atoms with van der Waals surface area (Å²) in [6.07, 6.45) is 15.8. The van der Waals surface area contributed by atoms with Crippen molar-refractivity contribution in [3.8, 4) is 0 Å². The Morgan fingerprint density at radius 1 is 1.16 bits per heavy atom. The molecule has 5 unspecified atom stereocenters. The fraction of sp³-hybridized carbons (Fsp3) is 0.909. The van der Waals surface area contributed by atoms with Crippen molar-refractivity contribution in [2.75, 3.05) is 7.05 Å². The van der Waals surface area contributed by atoms with Gasteiger partial charge in [0.2, 0.25) is 0 Å². The molecule has 25 heavy (non-hydrogen) atoms. The molecule has 2 rings (SSSR count). The second-order valence-corrected chi connectivity index (χ2v) is 8.82. The Hall–Kier alpha value is -0.700. The first-order valence-electron chi connectivity index (χ1n) is 10.8. The van der Waals surface area contributed by atoms with Crippen LogP contribution in [0.5, 0.6) is 0 Å². The van der Waals surface area contributed by atoms with Gasteiger partial charge in [0, 0.05) is 18.9 Å². The second kappa shape index (κ2) is 11.8. The number of nitrogens with two attached hydrogens (primary N) is 2. The van der Waals surface area contributed by atoms with E-state index in [-0.39, 0.29) is 0 Å². The van der Waals surface area contributed by atoms with Crippen LogP contribution in [0.15, 0.2) is 11.9 Å². The summed E-state index contributed by atoms with van der Waals surface area (Å²) in [5.74, 6) is 10.6. The molecule has 0 aromatic carbocycles. The fourth-order valence-electron chi connectivity index (χ4n) is 5.19. The molecule has 2 aliphatic carbocycles. The highest BCUT2D eigenvalue weighted by molar-refractivity contribution is 4.93. The Kier molecular flexibility index (Phi) is 10.6. The molecule has 0 bridgehead atoms. The van der Waals surface area contributed by atoms with Gasteiger partial charge in [0.1, 0.15) is 0 Å². The zero-order valence-electron chi connectivity index (χ0n) is 17.6. The maximum atomic E-state index is 5.52. The first kappa shape index (κ1) is 22.3. The summed E-state index contributed by atoms with van der Waals surface area (Å²) in [6.45, 7) is 9.43. The van der Waals surface area contributed by atoms with Crippen LogP contribution in [0.25, 0.3) is 0 Å². The third kappa shape index (κ3) is 8.02. The van der Waals surface area contributed by atoms with Crippen LogP contribution >= 0.6 is 0 Å². The highest BCUT2D eigenvalue weighted by Gasteiger charge is 2.38. The molecule has 4 N–H and O–H groups in total. The summed E-state index contributed by atoms with van der Waals surface area (Å²) in [4.78, 5) is 0. The molecule has 2 aliphatic rings. The monoisotopic (exact) mass is 351 g/mol. The highest BCUT2D eigenvalue weighted by atomic mass is 15.4. The first-order valence-corrected chi connectivity index (χ1v) is 10.8. The number of allylic oxidation sites excluding steroid dienone is 1. The fourth-order valence-corrected chi connectivity index (χ4v) is 5.19. The number of hydrogen-bond acceptors (Lipinski definition) is 3. The van der Waals surface area contributed by atoms with Crippen molar-refractivity contribution in [1.29, 1.82) is 0 Å². The molecule has 0 spiro atoms. The van der Waals surface area contributed by atoms with Gasteiger partial charge in [-0.1, -0.05) is 66.2 Å². The number of nitrogens with zero attached hydrogens (tertiary/aromatic N) is 1. The van der Waals surface area contributed by atoms with Gasteiger partial charge < -0.3 is 10.7 Å². The van der Waals surface area contributed by atoms with Crippen molar-refractivity contribution in [2.45, 2.75) is 91.9 Å². The van der Waals surface area contributed by atoms with Gasteiger partial charge >= 0.3 is 0 Å². The Bertz CT molecular complexity index is 377. The molecule has 5 atom stereocenters. The van der Waals surface area contributed by atoms with Crippen LogP contribution in [0.2, 0.25) is 0 Å². The van der Waals surface area contributed by atoms with Crippen molar-refractivity contribution in [3.63, 3.8) is 0 Å². The molecule has 0 aromatic heterocycles. The summed E-state index contributed by atoms with van der Waals surface area (Å²) in [7, 11) is 1.75. The van der Waals surface area contributed by atoms with E-state index in [1.807, 2.05) is 0 Å². The maximum absolute atomic E-state index is 5.52. The van der Waals surface area contributed by atoms with Crippen LogP contribution < -0.4 is 11.6 Å². The molecule has 3 nitrogen and oxygen atoms in total. The Morgan fingerprint density at radius 3 is 2.48 bits per heavy atom. The van der Waals surface area contributed by atoms with E-state index in [1.165, 1.54) is 37.1 Å². The first-order chi connectivity index (χ1) is 11.9.